The Bertz CT molecular complexity index is 477. The van der Waals surface area contributed by atoms with Gasteiger partial charge in [0.15, 0.2) is 0 Å². The van der Waals surface area contributed by atoms with E-state index in [2.05, 4.69) is 4.74 Å². The van der Waals surface area contributed by atoms with E-state index < -0.39 is 18.1 Å². The third-order valence-electron chi connectivity index (χ3n) is 3.25. The molecule has 1 unspecified atom stereocenters. The second-order valence-electron chi connectivity index (χ2n) is 4.73. The molecule has 0 bridgehead atoms. The molecule has 1 saturated heterocycles. The summed E-state index contributed by atoms with van der Waals surface area (Å²) < 4.78 is 9.89. The van der Waals surface area contributed by atoms with Crippen LogP contribution in [0.15, 0.2) is 30.3 Å². The highest BCUT2D eigenvalue weighted by Crippen LogP contribution is 2.19. The molecule has 1 fully saturated rings. The molecule has 0 spiro atoms. The number of nitrogens with two attached hydrogens (primary N) is 1. The molecule has 108 valence electrons. The van der Waals surface area contributed by atoms with Crippen molar-refractivity contribution in [1.29, 1.82) is 0 Å². The minimum Gasteiger partial charge on any atom is -0.467 e. The number of esters is 1. The van der Waals surface area contributed by atoms with E-state index in [0.717, 1.165) is 5.56 Å². The first-order valence-electron chi connectivity index (χ1n) is 6.42. The fourth-order valence-electron chi connectivity index (χ4n) is 2.23. The van der Waals surface area contributed by atoms with Crippen LogP contribution in [-0.2, 0) is 20.9 Å². The molecule has 1 aliphatic heterocycles. The first-order chi connectivity index (χ1) is 9.61. The zero-order chi connectivity index (χ0) is 14.5. The molecule has 1 aliphatic rings. The monoisotopic (exact) mass is 278 g/mol. The number of carbonyl (C=O) groups excluding carboxylic acids is 2. The maximum Gasteiger partial charge on any atom is 0.410 e. The summed E-state index contributed by atoms with van der Waals surface area (Å²) in [7, 11) is 1.29. The fourth-order valence-corrected chi connectivity index (χ4v) is 2.23. The number of ether oxygens (including phenoxy) is 2. The minimum atomic E-state index is -0.654. The molecule has 6 nitrogen and oxygen atoms in total. The summed E-state index contributed by atoms with van der Waals surface area (Å²) in [5.74, 6) is -0.463. The van der Waals surface area contributed by atoms with Crippen LogP contribution in [0.1, 0.15) is 12.0 Å². The van der Waals surface area contributed by atoms with Gasteiger partial charge in [0.25, 0.3) is 0 Å². The van der Waals surface area contributed by atoms with E-state index in [-0.39, 0.29) is 12.6 Å². The summed E-state index contributed by atoms with van der Waals surface area (Å²) in [6, 6.07) is 8.46. The zero-order valence-corrected chi connectivity index (χ0v) is 11.3. The predicted molar refractivity (Wildman–Crippen MR) is 71.7 cm³/mol. The van der Waals surface area contributed by atoms with Crippen molar-refractivity contribution in [2.45, 2.75) is 25.1 Å². The molecular weight excluding hydrogens is 260 g/mol. The standard InChI is InChI=1S/C14H18N2O4/c1-19-13(17)12-7-11(15)8-16(12)14(18)20-9-10-5-3-2-4-6-10/h2-6,11-12H,7-9,15H2,1H3/t11-,12?/m1/s1. The molecule has 2 N–H and O–H groups in total. The first kappa shape index (κ1) is 14.3. The van der Waals surface area contributed by atoms with Crippen molar-refractivity contribution in [2.24, 2.45) is 5.73 Å². The number of methoxy groups -OCH3 is 1. The third-order valence-corrected chi connectivity index (χ3v) is 3.25. The molecule has 1 heterocycles. The van der Waals surface area contributed by atoms with E-state index in [1.165, 1.54) is 12.0 Å². The lowest BCUT2D eigenvalue weighted by atomic mass is 10.2. The van der Waals surface area contributed by atoms with E-state index in [9.17, 15) is 9.59 Å². The Balaban J connectivity index is 1.95. The highest BCUT2D eigenvalue weighted by Gasteiger charge is 2.39. The van der Waals surface area contributed by atoms with Crippen LogP contribution in [0.3, 0.4) is 0 Å². The van der Waals surface area contributed by atoms with E-state index >= 15 is 0 Å². The average molecular weight is 278 g/mol. The topological polar surface area (TPSA) is 81.9 Å². The zero-order valence-electron chi connectivity index (χ0n) is 11.3. The van der Waals surface area contributed by atoms with E-state index in [4.69, 9.17) is 10.5 Å². The Morgan fingerprint density at radius 2 is 2.05 bits per heavy atom. The van der Waals surface area contributed by atoms with Crippen LogP contribution in [0.4, 0.5) is 4.79 Å². The summed E-state index contributed by atoms with van der Waals surface area (Å²) in [6.45, 7) is 0.465. The third kappa shape index (κ3) is 3.27. The lowest BCUT2D eigenvalue weighted by Gasteiger charge is -2.21. The number of hydrogen-bond donors (Lipinski definition) is 1. The molecule has 2 rings (SSSR count). The molecule has 1 aromatic carbocycles. The van der Waals surface area contributed by atoms with Gasteiger partial charge < -0.3 is 15.2 Å². The highest BCUT2D eigenvalue weighted by molar-refractivity contribution is 5.82. The average Bonchev–Trinajstić information content (AvgIpc) is 2.87. The SMILES string of the molecule is COC(=O)C1C[C@@H](N)CN1C(=O)OCc1ccccc1. The van der Waals surface area contributed by atoms with E-state index in [1.807, 2.05) is 30.3 Å². The van der Waals surface area contributed by atoms with Gasteiger partial charge >= 0.3 is 12.1 Å². The van der Waals surface area contributed by atoms with Crippen LogP contribution in [0.2, 0.25) is 0 Å². The molecule has 0 aliphatic carbocycles. The van der Waals surface area contributed by atoms with E-state index in [1.54, 1.807) is 0 Å². The van der Waals surface area contributed by atoms with Gasteiger partial charge in [0.1, 0.15) is 12.6 Å². The van der Waals surface area contributed by atoms with Gasteiger partial charge in [-0.15, -0.1) is 0 Å². The molecule has 0 saturated carbocycles. The second kappa shape index (κ2) is 6.38. The van der Waals surface area contributed by atoms with Crippen molar-refractivity contribution in [3.05, 3.63) is 35.9 Å². The Labute approximate surface area is 117 Å². The predicted octanol–water partition coefficient (Wildman–Crippen LogP) is 0.898. The van der Waals surface area contributed by atoms with Crippen LogP contribution in [-0.4, -0.2) is 42.7 Å². The van der Waals surface area contributed by atoms with Crippen molar-refractivity contribution in [3.8, 4) is 0 Å². The number of hydrogen-bond acceptors (Lipinski definition) is 5. The van der Waals surface area contributed by atoms with Crippen LogP contribution in [0, 0.1) is 0 Å². The van der Waals surface area contributed by atoms with E-state index in [0.29, 0.717) is 13.0 Å². The summed E-state index contributed by atoms with van der Waals surface area (Å²) in [5.41, 5.74) is 6.68. The number of benzene rings is 1. The fraction of sp³-hybridized carbons (Fsp3) is 0.429. The Hall–Kier alpha value is -2.08. The summed E-state index contributed by atoms with van der Waals surface area (Å²) in [4.78, 5) is 25.0. The Morgan fingerprint density at radius 3 is 2.70 bits per heavy atom. The second-order valence-corrected chi connectivity index (χ2v) is 4.73. The van der Waals surface area contributed by atoms with Crippen LogP contribution in [0.5, 0.6) is 0 Å². The number of rotatable bonds is 3. The van der Waals surface area contributed by atoms with Crippen molar-refractivity contribution < 1.29 is 19.1 Å². The van der Waals surface area contributed by atoms with Gasteiger partial charge in [-0.05, 0) is 12.0 Å². The Morgan fingerprint density at radius 1 is 1.35 bits per heavy atom. The van der Waals surface area contributed by atoms with Gasteiger partial charge in [0.2, 0.25) is 0 Å². The van der Waals surface area contributed by atoms with Crippen molar-refractivity contribution in [3.63, 3.8) is 0 Å². The smallest absolute Gasteiger partial charge is 0.410 e. The van der Waals surface area contributed by atoms with Gasteiger partial charge in [-0.3, -0.25) is 4.90 Å². The van der Waals surface area contributed by atoms with Gasteiger partial charge in [0.05, 0.1) is 7.11 Å². The van der Waals surface area contributed by atoms with Crippen molar-refractivity contribution in [1.82, 2.24) is 4.90 Å². The molecule has 1 aromatic rings. The van der Waals surface area contributed by atoms with Gasteiger partial charge in [-0.2, -0.15) is 0 Å². The highest BCUT2D eigenvalue weighted by atomic mass is 16.6. The first-order valence-corrected chi connectivity index (χ1v) is 6.42. The van der Waals surface area contributed by atoms with Crippen molar-refractivity contribution >= 4 is 12.1 Å². The maximum atomic E-state index is 12.0. The lowest BCUT2D eigenvalue weighted by Crippen LogP contribution is -2.41. The van der Waals surface area contributed by atoms with Gasteiger partial charge in [-0.25, -0.2) is 9.59 Å². The maximum absolute atomic E-state index is 12.0. The minimum absolute atomic E-state index is 0.166. The molecule has 0 radical (unpaired) electrons. The Kier molecular flexibility index (Phi) is 4.57. The largest absolute Gasteiger partial charge is 0.467 e. The molecule has 1 amide bonds. The van der Waals surface area contributed by atoms with Crippen molar-refractivity contribution in [2.75, 3.05) is 13.7 Å². The lowest BCUT2D eigenvalue weighted by molar-refractivity contribution is -0.145. The van der Waals surface area contributed by atoms with Crippen LogP contribution in [0.25, 0.3) is 0 Å². The summed E-state index contributed by atoms with van der Waals surface area (Å²) in [5, 5.41) is 0. The van der Waals surface area contributed by atoms with Gasteiger partial charge in [0, 0.05) is 12.6 Å². The molecular formula is C14H18N2O4. The molecule has 20 heavy (non-hydrogen) atoms. The quantitative estimate of drug-likeness (QED) is 0.831. The molecule has 6 heteroatoms. The van der Waals surface area contributed by atoms with Gasteiger partial charge in [-0.1, -0.05) is 30.3 Å². The number of carbonyl (C=O) groups is 2. The van der Waals surface area contributed by atoms with Crippen LogP contribution >= 0.6 is 0 Å². The van der Waals surface area contributed by atoms with Crippen LogP contribution < -0.4 is 5.73 Å². The summed E-state index contributed by atoms with van der Waals surface area (Å²) in [6.07, 6.45) is -0.148. The molecule has 2 atom stereocenters. The number of amides is 1. The number of nitrogens with zero attached hydrogens (tertiary/aromatic N) is 1. The summed E-state index contributed by atoms with van der Waals surface area (Å²) >= 11 is 0. The molecule has 0 aromatic heterocycles. The number of likely N-dealkylation sites (tertiary alicyclic amines) is 1. The normalized spacial score (nSPS) is 21.6.